The van der Waals surface area contributed by atoms with E-state index in [0.717, 1.165) is 5.56 Å². The highest BCUT2D eigenvalue weighted by Gasteiger charge is 2.35. The molecule has 2 N–H and O–H groups in total. The largest absolute Gasteiger partial charge is 0.493 e. The van der Waals surface area contributed by atoms with Crippen LogP contribution in [0.15, 0.2) is 42.6 Å². The van der Waals surface area contributed by atoms with Crippen molar-refractivity contribution in [2.45, 2.75) is 12.5 Å². The Balaban J connectivity index is 1.56. The van der Waals surface area contributed by atoms with Crippen molar-refractivity contribution in [3.8, 4) is 22.6 Å². The summed E-state index contributed by atoms with van der Waals surface area (Å²) in [5.41, 5.74) is 1.91. The summed E-state index contributed by atoms with van der Waals surface area (Å²) >= 11 is 12.0. The van der Waals surface area contributed by atoms with E-state index in [-0.39, 0.29) is 18.2 Å². The lowest BCUT2D eigenvalue weighted by Crippen LogP contribution is -2.23. The predicted octanol–water partition coefficient (Wildman–Crippen LogP) is 4.40. The number of carbonyl (C=O) groups excluding carboxylic acids is 2. The van der Waals surface area contributed by atoms with Crippen molar-refractivity contribution in [2.75, 3.05) is 24.9 Å². The van der Waals surface area contributed by atoms with Crippen LogP contribution in [0.3, 0.4) is 0 Å². The van der Waals surface area contributed by atoms with E-state index in [4.69, 9.17) is 32.7 Å². The summed E-state index contributed by atoms with van der Waals surface area (Å²) in [6, 6.07) is 9.38. The Hall–Kier alpha value is -3.23. The Morgan fingerprint density at radius 2 is 1.94 bits per heavy atom. The van der Waals surface area contributed by atoms with Crippen molar-refractivity contribution in [1.82, 2.24) is 9.78 Å². The van der Waals surface area contributed by atoms with Crippen LogP contribution in [0.5, 0.6) is 11.5 Å². The van der Waals surface area contributed by atoms with Gasteiger partial charge in [0, 0.05) is 10.6 Å². The molecule has 0 spiro atoms. The molecule has 0 saturated carbocycles. The molecule has 160 valence electrons. The van der Waals surface area contributed by atoms with Gasteiger partial charge in [-0.25, -0.2) is 4.68 Å². The Morgan fingerprint density at radius 1 is 1.16 bits per heavy atom. The molecule has 0 saturated heterocycles. The maximum absolute atomic E-state index is 12.6. The first-order valence-electron chi connectivity index (χ1n) is 9.27. The van der Waals surface area contributed by atoms with Gasteiger partial charge in [-0.15, -0.1) is 0 Å². The minimum Gasteiger partial charge on any atom is -0.493 e. The molecule has 1 aromatic heterocycles. The van der Waals surface area contributed by atoms with Gasteiger partial charge in [-0.3, -0.25) is 9.59 Å². The third kappa shape index (κ3) is 4.04. The van der Waals surface area contributed by atoms with Crippen LogP contribution >= 0.6 is 23.2 Å². The Kier molecular flexibility index (Phi) is 5.75. The van der Waals surface area contributed by atoms with Gasteiger partial charge in [0.15, 0.2) is 11.5 Å². The first-order valence-corrected chi connectivity index (χ1v) is 10.0. The second-order valence-corrected chi connectivity index (χ2v) is 7.65. The molecule has 0 bridgehead atoms. The number of fused-ring (bicyclic) bond motifs is 1. The monoisotopic (exact) mass is 460 g/mol. The second kappa shape index (κ2) is 8.49. The van der Waals surface area contributed by atoms with E-state index in [2.05, 4.69) is 15.7 Å². The number of ether oxygens (including phenoxy) is 2. The standard InChI is InChI=1S/C21H18Cl2N4O4/c1-30-17-6-3-11(7-18(17)31-2)13-10-24-27-16(21(29)26-20(13)27)9-19(28)25-15-5-4-12(22)8-14(15)23/h3-8,10,16H,9H2,1-2H3,(H,25,28)(H,26,29). The van der Waals surface area contributed by atoms with E-state index < -0.39 is 6.04 Å². The number of nitrogens with one attached hydrogen (secondary N) is 2. The number of anilines is 2. The molecule has 2 aromatic carbocycles. The summed E-state index contributed by atoms with van der Waals surface area (Å²) in [5.74, 6) is 0.969. The van der Waals surface area contributed by atoms with Crippen LogP contribution in [0, 0.1) is 0 Å². The quantitative estimate of drug-likeness (QED) is 0.568. The highest BCUT2D eigenvalue weighted by molar-refractivity contribution is 6.36. The number of benzene rings is 2. The van der Waals surface area contributed by atoms with Crippen LogP contribution in [0.1, 0.15) is 12.5 Å². The zero-order valence-corrected chi connectivity index (χ0v) is 18.1. The fraction of sp³-hybridized carbons (Fsp3) is 0.190. The lowest BCUT2D eigenvalue weighted by molar-refractivity contribution is -0.123. The number of nitrogens with zero attached hydrogens (tertiary/aromatic N) is 2. The first kappa shape index (κ1) is 21.0. The number of methoxy groups -OCH3 is 2. The highest BCUT2D eigenvalue weighted by Crippen LogP contribution is 2.39. The van der Waals surface area contributed by atoms with E-state index in [1.165, 1.54) is 10.7 Å². The third-order valence-electron chi connectivity index (χ3n) is 4.91. The summed E-state index contributed by atoms with van der Waals surface area (Å²) in [6.45, 7) is 0. The molecule has 10 heteroatoms. The summed E-state index contributed by atoms with van der Waals surface area (Å²) in [5, 5.41) is 10.6. The molecule has 2 amide bonds. The molecular formula is C21H18Cl2N4O4. The van der Waals surface area contributed by atoms with Crippen LogP contribution in [0.25, 0.3) is 11.1 Å². The maximum atomic E-state index is 12.6. The van der Waals surface area contributed by atoms with Crippen LogP contribution in [-0.2, 0) is 9.59 Å². The average molecular weight is 461 g/mol. The van der Waals surface area contributed by atoms with Crippen molar-refractivity contribution < 1.29 is 19.1 Å². The number of rotatable bonds is 6. The van der Waals surface area contributed by atoms with E-state index in [0.29, 0.717) is 38.6 Å². The minimum absolute atomic E-state index is 0.106. The number of hydrogen-bond donors (Lipinski definition) is 2. The highest BCUT2D eigenvalue weighted by atomic mass is 35.5. The zero-order valence-electron chi connectivity index (χ0n) is 16.6. The number of carbonyl (C=O) groups is 2. The molecule has 1 aliphatic rings. The van der Waals surface area contributed by atoms with E-state index in [9.17, 15) is 9.59 Å². The van der Waals surface area contributed by atoms with Crippen molar-refractivity contribution in [1.29, 1.82) is 0 Å². The normalized spacial score (nSPS) is 14.7. The van der Waals surface area contributed by atoms with Gasteiger partial charge >= 0.3 is 0 Å². The van der Waals surface area contributed by atoms with Gasteiger partial charge in [-0.05, 0) is 35.9 Å². The Labute approximate surface area is 188 Å². The summed E-state index contributed by atoms with van der Waals surface area (Å²) < 4.78 is 12.1. The topological polar surface area (TPSA) is 94.5 Å². The molecule has 1 aliphatic heterocycles. The smallest absolute Gasteiger partial charge is 0.251 e. The van der Waals surface area contributed by atoms with Crippen molar-refractivity contribution in [3.63, 3.8) is 0 Å². The van der Waals surface area contributed by atoms with Crippen LogP contribution in [0.2, 0.25) is 10.0 Å². The van der Waals surface area contributed by atoms with Crippen molar-refractivity contribution in [2.24, 2.45) is 0 Å². The molecule has 2 heterocycles. The fourth-order valence-electron chi connectivity index (χ4n) is 3.40. The van der Waals surface area contributed by atoms with Gasteiger partial charge in [0.2, 0.25) is 5.91 Å². The fourth-order valence-corrected chi connectivity index (χ4v) is 3.85. The van der Waals surface area contributed by atoms with Gasteiger partial charge in [-0.2, -0.15) is 5.10 Å². The van der Waals surface area contributed by atoms with Crippen LogP contribution in [-0.4, -0.2) is 35.8 Å². The number of aromatic nitrogens is 2. The third-order valence-corrected chi connectivity index (χ3v) is 5.46. The first-order chi connectivity index (χ1) is 14.9. The molecule has 1 unspecified atom stereocenters. The minimum atomic E-state index is -0.782. The Morgan fingerprint density at radius 3 is 2.65 bits per heavy atom. The van der Waals surface area contributed by atoms with Gasteiger partial charge in [-0.1, -0.05) is 29.3 Å². The van der Waals surface area contributed by atoms with Gasteiger partial charge in [0.1, 0.15) is 11.9 Å². The van der Waals surface area contributed by atoms with E-state index in [1.807, 2.05) is 6.07 Å². The molecule has 1 atom stereocenters. The summed E-state index contributed by atoms with van der Waals surface area (Å²) in [4.78, 5) is 25.1. The zero-order chi connectivity index (χ0) is 22.1. The van der Waals surface area contributed by atoms with Gasteiger partial charge in [0.25, 0.3) is 5.91 Å². The number of halogens is 2. The van der Waals surface area contributed by atoms with Gasteiger partial charge in [0.05, 0.1) is 37.5 Å². The predicted molar refractivity (Wildman–Crippen MR) is 118 cm³/mol. The lowest BCUT2D eigenvalue weighted by atomic mass is 10.1. The molecule has 8 nitrogen and oxygen atoms in total. The summed E-state index contributed by atoms with van der Waals surface area (Å²) in [6.07, 6.45) is 1.53. The van der Waals surface area contributed by atoms with Crippen LogP contribution < -0.4 is 20.1 Å². The molecular weight excluding hydrogens is 443 g/mol. The molecule has 4 rings (SSSR count). The van der Waals surface area contributed by atoms with Gasteiger partial charge < -0.3 is 20.1 Å². The molecule has 3 aromatic rings. The van der Waals surface area contributed by atoms with E-state index in [1.54, 1.807) is 44.7 Å². The molecule has 31 heavy (non-hydrogen) atoms. The number of amides is 2. The molecule has 0 radical (unpaired) electrons. The maximum Gasteiger partial charge on any atom is 0.251 e. The summed E-state index contributed by atoms with van der Waals surface area (Å²) in [7, 11) is 3.11. The Bertz CT molecular complexity index is 1180. The molecule has 0 aliphatic carbocycles. The average Bonchev–Trinajstić information content (AvgIpc) is 3.29. The van der Waals surface area contributed by atoms with Crippen molar-refractivity contribution in [3.05, 3.63) is 52.6 Å². The van der Waals surface area contributed by atoms with Crippen LogP contribution in [0.4, 0.5) is 11.5 Å². The second-order valence-electron chi connectivity index (χ2n) is 6.80. The number of hydrogen-bond acceptors (Lipinski definition) is 5. The molecule has 0 fully saturated rings. The lowest BCUT2D eigenvalue weighted by Gasteiger charge is -2.11. The van der Waals surface area contributed by atoms with E-state index >= 15 is 0 Å². The van der Waals surface area contributed by atoms with Crippen molar-refractivity contribution >= 4 is 46.5 Å². The SMILES string of the molecule is COc1ccc(-c2cnn3c2NC(=O)C3CC(=O)Nc2ccc(Cl)cc2Cl)cc1OC.